The molecule has 1 aliphatic carbocycles. The largest absolute Gasteiger partial charge is 0.495 e. The quantitative estimate of drug-likeness (QED) is 0.851. The molecule has 0 aromatic heterocycles. The summed E-state index contributed by atoms with van der Waals surface area (Å²) in [6, 6.07) is 4.25. The molecule has 0 amide bonds. The molecule has 3 nitrogen and oxygen atoms in total. The maximum absolute atomic E-state index is 6.23. The second kappa shape index (κ2) is 7.07. The van der Waals surface area contributed by atoms with Gasteiger partial charge >= 0.3 is 0 Å². The maximum atomic E-state index is 6.23. The molecule has 1 N–H and O–H groups in total. The molecule has 0 aliphatic heterocycles. The van der Waals surface area contributed by atoms with Gasteiger partial charge < -0.3 is 14.8 Å². The third kappa shape index (κ3) is 3.32. The van der Waals surface area contributed by atoms with Gasteiger partial charge in [0.15, 0.2) is 0 Å². The molecule has 2 atom stereocenters. The smallest absolute Gasteiger partial charge is 0.145 e. The Morgan fingerprint density at radius 3 is 2.50 bits per heavy atom. The first-order valence-electron chi connectivity index (χ1n) is 7.37. The van der Waals surface area contributed by atoms with Crippen LogP contribution in [0.2, 0.25) is 5.02 Å². The van der Waals surface area contributed by atoms with Crippen LogP contribution < -0.4 is 14.8 Å². The number of nitrogens with one attached hydrogen (secondary N) is 1. The van der Waals surface area contributed by atoms with Gasteiger partial charge in [0.25, 0.3) is 0 Å². The molecular formula is C16H24ClNO2. The van der Waals surface area contributed by atoms with Gasteiger partial charge in [-0.25, -0.2) is 0 Å². The van der Waals surface area contributed by atoms with E-state index in [0.717, 1.165) is 17.4 Å². The highest BCUT2D eigenvalue weighted by Gasteiger charge is 2.24. The molecule has 1 fully saturated rings. The standard InChI is InChI=1S/C16H24ClNO2/c1-4-11-7-5-6-8-13(11)18-14-9-12(17)15(19-2)10-16(14)20-3/h9-11,13,18H,4-8H2,1-3H3. The maximum Gasteiger partial charge on any atom is 0.145 e. The van der Waals surface area contributed by atoms with Crippen LogP contribution in [0.25, 0.3) is 0 Å². The Morgan fingerprint density at radius 1 is 1.15 bits per heavy atom. The summed E-state index contributed by atoms with van der Waals surface area (Å²) in [5.41, 5.74) is 0.962. The van der Waals surface area contributed by atoms with Crippen molar-refractivity contribution in [3.63, 3.8) is 0 Å². The van der Waals surface area contributed by atoms with E-state index in [0.29, 0.717) is 16.8 Å². The molecule has 20 heavy (non-hydrogen) atoms. The first kappa shape index (κ1) is 15.3. The molecular weight excluding hydrogens is 274 g/mol. The number of ether oxygens (including phenoxy) is 2. The summed E-state index contributed by atoms with van der Waals surface area (Å²) in [5, 5.41) is 4.24. The van der Waals surface area contributed by atoms with Crippen LogP contribution in [0, 0.1) is 5.92 Å². The number of hydrogen-bond donors (Lipinski definition) is 1. The van der Waals surface area contributed by atoms with E-state index in [1.165, 1.54) is 32.1 Å². The molecule has 0 heterocycles. The van der Waals surface area contributed by atoms with Crippen LogP contribution >= 0.6 is 11.6 Å². The van der Waals surface area contributed by atoms with Crippen molar-refractivity contribution < 1.29 is 9.47 Å². The summed E-state index contributed by atoms with van der Waals surface area (Å²) in [4.78, 5) is 0. The molecule has 0 saturated heterocycles. The molecule has 112 valence electrons. The van der Waals surface area contributed by atoms with Gasteiger partial charge in [0.05, 0.1) is 24.9 Å². The highest BCUT2D eigenvalue weighted by Crippen LogP contribution is 2.38. The zero-order chi connectivity index (χ0) is 14.5. The highest BCUT2D eigenvalue weighted by atomic mass is 35.5. The Morgan fingerprint density at radius 2 is 1.85 bits per heavy atom. The highest BCUT2D eigenvalue weighted by molar-refractivity contribution is 6.32. The lowest BCUT2D eigenvalue weighted by atomic mass is 9.83. The van der Waals surface area contributed by atoms with Gasteiger partial charge in [-0.1, -0.05) is 37.8 Å². The topological polar surface area (TPSA) is 30.5 Å². The van der Waals surface area contributed by atoms with Gasteiger partial charge in [-0.3, -0.25) is 0 Å². The van der Waals surface area contributed by atoms with Crippen molar-refractivity contribution in [3.05, 3.63) is 17.2 Å². The number of methoxy groups -OCH3 is 2. The molecule has 0 bridgehead atoms. The van der Waals surface area contributed by atoms with E-state index in [9.17, 15) is 0 Å². The Hall–Kier alpha value is -1.09. The summed E-state index contributed by atoms with van der Waals surface area (Å²) in [6.45, 7) is 2.27. The van der Waals surface area contributed by atoms with Gasteiger partial charge in [0, 0.05) is 12.1 Å². The normalized spacial score (nSPS) is 22.4. The summed E-state index contributed by atoms with van der Waals surface area (Å²) in [5.74, 6) is 2.16. The lowest BCUT2D eigenvalue weighted by molar-refractivity contribution is 0.316. The predicted octanol–water partition coefficient (Wildman–Crippen LogP) is 4.74. The molecule has 1 aromatic carbocycles. The predicted molar refractivity (Wildman–Crippen MR) is 84.2 cm³/mol. The number of halogens is 1. The Balaban J connectivity index is 2.21. The van der Waals surface area contributed by atoms with Crippen molar-refractivity contribution in [2.45, 2.75) is 45.1 Å². The SMILES string of the molecule is CCC1CCCCC1Nc1cc(Cl)c(OC)cc1OC. The van der Waals surface area contributed by atoms with Crippen LogP contribution in [0.4, 0.5) is 5.69 Å². The molecule has 4 heteroatoms. The molecule has 2 unspecified atom stereocenters. The number of benzene rings is 1. The van der Waals surface area contributed by atoms with E-state index in [1.807, 2.05) is 12.1 Å². The fraction of sp³-hybridized carbons (Fsp3) is 0.625. The summed E-state index contributed by atoms with van der Waals surface area (Å²) >= 11 is 6.23. The van der Waals surface area contributed by atoms with Crippen molar-refractivity contribution in [1.82, 2.24) is 0 Å². The van der Waals surface area contributed by atoms with E-state index < -0.39 is 0 Å². The second-order valence-corrected chi connectivity index (χ2v) is 5.80. The minimum absolute atomic E-state index is 0.507. The van der Waals surface area contributed by atoms with E-state index in [1.54, 1.807) is 14.2 Å². The zero-order valence-electron chi connectivity index (χ0n) is 12.5. The Labute approximate surface area is 126 Å². The van der Waals surface area contributed by atoms with Gasteiger partial charge in [0.1, 0.15) is 11.5 Å². The van der Waals surface area contributed by atoms with E-state index in [2.05, 4.69) is 12.2 Å². The summed E-state index contributed by atoms with van der Waals surface area (Å²) < 4.78 is 10.7. The van der Waals surface area contributed by atoms with Crippen molar-refractivity contribution in [2.24, 2.45) is 5.92 Å². The third-order valence-electron chi connectivity index (χ3n) is 4.25. The van der Waals surface area contributed by atoms with Crippen molar-refractivity contribution in [2.75, 3.05) is 19.5 Å². The van der Waals surface area contributed by atoms with Gasteiger partial charge in [-0.05, 0) is 24.8 Å². The van der Waals surface area contributed by atoms with E-state index >= 15 is 0 Å². The lowest BCUT2D eigenvalue weighted by Gasteiger charge is -2.32. The monoisotopic (exact) mass is 297 g/mol. The van der Waals surface area contributed by atoms with Crippen LogP contribution in [-0.4, -0.2) is 20.3 Å². The van der Waals surface area contributed by atoms with Crippen molar-refractivity contribution >= 4 is 17.3 Å². The number of hydrogen-bond acceptors (Lipinski definition) is 3. The zero-order valence-corrected chi connectivity index (χ0v) is 13.3. The lowest BCUT2D eigenvalue weighted by Crippen LogP contribution is -2.31. The molecule has 1 saturated carbocycles. The second-order valence-electron chi connectivity index (χ2n) is 5.39. The molecule has 2 rings (SSSR count). The fourth-order valence-corrected chi connectivity index (χ4v) is 3.30. The Kier molecular flexibility index (Phi) is 5.41. The minimum atomic E-state index is 0.507. The van der Waals surface area contributed by atoms with Gasteiger partial charge in [-0.15, -0.1) is 0 Å². The first-order chi connectivity index (χ1) is 9.69. The average molecular weight is 298 g/mol. The Bertz CT molecular complexity index is 450. The fourth-order valence-electron chi connectivity index (χ4n) is 3.06. The van der Waals surface area contributed by atoms with Crippen LogP contribution in [0.3, 0.4) is 0 Å². The molecule has 0 spiro atoms. The van der Waals surface area contributed by atoms with E-state index in [4.69, 9.17) is 21.1 Å². The van der Waals surface area contributed by atoms with Crippen LogP contribution in [0.15, 0.2) is 12.1 Å². The molecule has 0 radical (unpaired) electrons. The number of anilines is 1. The first-order valence-corrected chi connectivity index (χ1v) is 7.75. The van der Waals surface area contributed by atoms with E-state index in [-0.39, 0.29) is 0 Å². The molecule has 1 aromatic rings. The summed E-state index contributed by atoms with van der Waals surface area (Å²) in [7, 11) is 3.29. The van der Waals surface area contributed by atoms with Gasteiger partial charge in [0.2, 0.25) is 0 Å². The minimum Gasteiger partial charge on any atom is -0.495 e. The van der Waals surface area contributed by atoms with Crippen LogP contribution in [-0.2, 0) is 0 Å². The average Bonchev–Trinajstić information content (AvgIpc) is 2.48. The van der Waals surface area contributed by atoms with Crippen molar-refractivity contribution in [3.8, 4) is 11.5 Å². The van der Waals surface area contributed by atoms with Crippen LogP contribution in [0.5, 0.6) is 11.5 Å². The summed E-state index contributed by atoms with van der Waals surface area (Å²) in [6.07, 6.45) is 6.37. The van der Waals surface area contributed by atoms with Crippen molar-refractivity contribution in [1.29, 1.82) is 0 Å². The third-order valence-corrected chi connectivity index (χ3v) is 4.54. The van der Waals surface area contributed by atoms with Crippen LogP contribution in [0.1, 0.15) is 39.0 Å². The van der Waals surface area contributed by atoms with Gasteiger partial charge in [-0.2, -0.15) is 0 Å². The molecule has 1 aliphatic rings. The number of rotatable bonds is 5.